The Balaban J connectivity index is 1.34. The van der Waals surface area contributed by atoms with Gasteiger partial charge in [-0.15, -0.1) is 0 Å². The minimum atomic E-state index is -1.04. The smallest absolute Gasteiger partial charge is 0.438 e. The maximum atomic E-state index is 11.6. The number of aromatic nitrogens is 2. The van der Waals surface area contributed by atoms with E-state index in [4.69, 9.17) is 4.74 Å². The van der Waals surface area contributed by atoms with Crippen molar-refractivity contribution in [1.29, 1.82) is 0 Å². The number of nitrogens with zero attached hydrogens (tertiary/aromatic N) is 2. The van der Waals surface area contributed by atoms with E-state index in [1.807, 2.05) is 54.6 Å². The van der Waals surface area contributed by atoms with E-state index in [-0.39, 0.29) is 19.5 Å². The van der Waals surface area contributed by atoms with Crippen molar-refractivity contribution < 1.29 is 19.2 Å². The van der Waals surface area contributed by atoms with Gasteiger partial charge in [0.15, 0.2) is 5.82 Å². The maximum Gasteiger partial charge on any atom is 0.438 e. The Morgan fingerprint density at radius 2 is 1.79 bits per heavy atom. The predicted molar refractivity (Wildman–Crippen MR) is 123 cm³/mol. The number of hydrogen-bond donors (Lipinski definition) is 2. The number of carboxylic acid groups (broad SMARTS) is 1. The van der Waals surface area contributed by atoms with Crippen molar-refractivity contribution >= 4 is 16.9 Å². The van der Waals surface area contributed by atoms with Crippen molar-refractivity contribution in [2.24, 2.45) is 0 Å². The first-order valence-electron chi connectivity index (χ1n) is 10.8. The van der Waals surface area contributed by atoms with E-state index in [1.54, 1.807) is 0 Å². The summed E-state index contributed by atoms with van der Waals surface area (Å²) < 4.78 is 10.4. The van der Waals surface area contributed by atoms with Crippen LogP contribution in [0.3, 0.4) is 0 Å². The van der Waals surface area contributed by atoms with Crippen LogP contribution in [-0.4, -0.2) is 39.4 Å². The van der Waals surface area contributed by atoms with Gasteiger partial charge in [-0.2, -0.15) is 0 Å². The number of rotatable bonds is 10. The molecular formula is C25H25N3O5. The molecule has 1 heterocycles. The summed E-state index contributed by atoms with van der Waals surface area (Å²) in [6.45, 7) is 1.06. The zero-order valence-corrected chi connectivity index (χ0v) is 18.1. The standard InChI is InChI=1S/C25H25N3O5/c29-24-26-23(27-33-24)12-13-28(25(30)31)17-19-8-9-21-16-22(11-10-20(21)15-19)32-14-4-7-18-5-2-1-3-6-18/h1-3,5-6,8-11,15-16H,4,7,12-14,17H2,(H,30,31)(H,26,27,29). The molecule has 0 radical (unpaired) electrons. The van der Waals surface area contributed by atoms with Gasteiger partial charge in [0.2, 0.25) is 0 Å². The number of fused-ring (bicyclic) bond motifs is 1. The van der Waals surface area contributed by atoms with E-state index < -0.39 is 11.8 Å². The second-order valence-electron chi connectivity index (χ2n) is 7.78. The van der Waals surface area contributed by atoms with Crippen molar-refractivity contribution in [2.45, 2.75) is 25.8 Å². The molecular weight excluding hydrogens is 422 g/mol. The van der Waals surface area contributed by atoms with E-state index in [9.17, 15) is 14.7 Å². The molecule has 0 bridgehead atoms. The molecule has 1 aromatic heterocycles. The molecule has 8 nitrogen and oxygen atoms in total. The van der Waals surface area contributed by atoms with Crippen molar-refractivity contribution in [3.63, 3.8) is 0 Å². The average Bonchev–Trinajstić information content (AvgIpc) is 3.25. The molecule has 4 aromatic rings. The molecule has 0 spiro atoms. The fraction of sp³-hybridized carbons (Fsp3) is 0.240. The van der Waals surface area contributed by atoms with Gasteiger partial charge in [0.25, 0.3) is 0 Å². The molecule has 0 atom stereocenters. The molecule has 0 saturated heterocycles. The fourth-order valence-electron chi connectivity index (χ4n) is 3.64. The van der Waals surface area contributed by atoms with E-state index >= 15 is 0 Å². The number of aryl methyl sites for hydroxylation is 1. The second kappa shape index (κ2) is 10.5. The highest BCUT2D eigenvalue weighted by molar-refractivity contribution is 5.84. The van der Waals surface area contributed by atoms with Gasteiger partial charge in [-0.05, 0) is 52.9 Å². The van der Waals surface area contributed by atoms with Crippen LogP contribution in [0.25, 0.3) is 10.8 Å². The number of nitrogens with one attached hydrogen (secondary N) is 1. The Morgan fingerprint density at radius 1 is 1.00 bits per heavy atom. The second-order valence-corrected chi connectivity index (χ2v) is 7.78. The van der Waals surface area contributed by atoms with E-state index in [0.29, 0.717) is 12.4 Å². The normalized spacial score (nSPS) is 10.9. The molecule has 0 aliphatic carbocycles. The minimum Gasteiger partial charge on any atom is -0.494 e. The largest absolute Gasteiger partial charge is 0.494 e. The number of benzene rings is 3. The summed E-state index contributed by atoms with van der Waals surface area (Å²) >= 11 is 0. The van der Waals surface area contributed by atoms with Crippen LogP contribution in [0.4, 0.5) is 4.79 Å². The molecule has 2 N–H and O–H groups in total. The van der Waals surface area contributed by atoms with E-state index in [2.05, 4.69) is 26.8 Å². The highest BCUT2D eigenvalue weighted by Gasteiger charge is 2.14. The summed E-state index contributed by atoms with van der Waals surface area (Å²) in [6, 6.07) is 22.1. The molecule has 0 saturated carbocycles. The van der Waals surface area contributed by atoms with Gasteiger partial charge in [0.05, 0.1) is 6.61 Å². The number of hydrogen-bond acceptors (Lipinski definition) is 5. The van der Waals surface area contributed by atoms with E-state index in [0.717, 1.165) is 34.9 Å². The van der Waals surface area contributed by atoms with Gasteiger partial charge in [-0.1, -0.05) is 53.7 Å². The van der Waals surface area contributed by atoms with Crippen molar-refractivity contribution in [3.8, 4) is 5.75 Å². The Hall–Kier alpha value is -4.07. The molecule has 4 rings (SSSR count). The molecule has 0 fully saturated rings. The van der Waals surface area contributed by atoms with Crippen LogP contribution in [-0.2, 0) is 19.4 Å². The lowest BCUT2D eigenvalue weighted by molar-refractivity contribution is 0.142. The first-order chi connectivity index (χ1) is 16.1. The fourth-order valence-corrected chi connectivity index (χ4v) is 3.64. The van der Waals surface area contributed by atoms with Crippen LogP contribution in [0, 0.1) is 0 Å². The van der Waals surface area contributed by atoms with Crippen LogP contribution in [0.2, 0.25) is 0 Å². The summed E-state index contributed by atoms with van der Waals surface area (Å²) in [5.41, 5.74) is 2.17. The third kappa shape index (κ3) is 6.22. The minimum absolute atomic E-state index is 0.186. The van der Waals surface area contributed by atoms with Crippen LogP contribution < -0.4 is 10.5 Å². The van der Waals surface area contributed by atoms with Gasteiger partial charge < -0.3 is 14.7 Å². The van der Waals surface area contributed by atoms with Gasteiger partial charge in [0, 0.05) is 19.5 Å². The Labute approximate surface area is 190 Å². The topological polar surface area (TPSA) is 109 Å². The summed E-state index contributed by atoms with van der Waals surface area (Å²) in [5.74, 6) is 0.485. The molecule has 0 aliphatic heterocycles. The lowest BCUT2D eigenvalue weighted by atomic mass is 10.1. The van der Waals surface area contributed by atoms with Gasteiger partial charge in [-0.3, -0.25) is 9.51 Å². The highest BCUT2D eigenvalue weighted by Crippen LogP contribution is 2.23. The molecule has 8 heteroatoms. The zero-order valence-electron chi connectivity index (χ0n) is 18.1. The van der Waals surface area contributed by atoms with Crippen LogP contribution >= 0.6 is 0 Å². The van der Waals surface area contributed by atoms with Crippen molar-refractivity contribution in [2.75, 3.05) is 13.2 Å². The van der Waals surface area contributed by atoms with Crippen molar-refractivity contribution in [3.05, 3.63) is 94.2 Å². The quantitative estimate of drug-likeness (QED) is 0.352. The van der Waals surface area contributed by atoms with E-state index in [1.165, 1.54) is 10.5 Å². The summed E-state index contributed by atoms with van der Waals surface area (Å²) in [7, 11) is 0. The van der Waals surface area contributed by atoms with Crippen LogP contribution in [0.1, 0.15) is 23.4 Å². The van der Waals surface area contributed by atoms with Crippen LogP contribution in [0.15, 0.2) is 76.0 Å². The third-order valence-electron chi connectivity index (χ3n) is 5.35. The lowest BCUT2D eigenvalue weighted by Crippen LogP contribution is -2.31. The average molecular weight is 447 g/mol. The molecule has 3 aromatic carbocycles. The van der Waals surface area contributed by atoms with Crippen molar-refractivity contribution in [1.82, 2.24) is 15.0 Å². The van der Waals surface area contributed by atoms with Crippen LogP contribution in [0.5, 0.6) is 5.75 Å². The number of ether oxygens (including phenoxy) is 1. The zero-order chi connectivity index (χ0) is 23.0. The van der Waals surface area contributed by atoms with Gasteiger partial charge >= 0.3 is 11.8 Å². The number of carbonyl (C=O) groups is 1. The molecule has 1 amide bonds. The SMILES string of the molecule is O=C(O)N(CCc1noc(=O)[nH]1)Cc1ccc2cc(OCCCc3ccccc3)ccc2c1. The monoisotopic (exact) mass is 447 g/mol. The molecule has 0 aliphatic rings. The van der Waals surface area contributed by atoms with Gasteiger partial charge in [-0.25, -0.2) is 9.59 Å². The number of amides is 1. The number of aromatic amines is 1. The maximum absolute atomic E-state index is 11.6. The summed E-state index contributed by atoms with van der Waals surface area (Å²) in [6.07, 6.45) is 1.13. The number of H-pyrrole nitrogens is 1. The highest BCUT2D eigenvalue weighted by atomic mass is 16.5. The molecule has 170 valence electrons. The Bertz CT molecular complexity index is 1270. The first kappa shape index (κ1) is 22.1. The summed E-state index contributed by atoms with van der Waals surface area (Å²) in [4.78, 5) is 26.4. The Morgan fingerprint density at radius 3 is 2.55 bits per heavy atom. The first-order valence-corrected chi connectivity index (χ1v) is 10.8. The molecule has 0 unspecified atom stereocenters. The van der Waals surface area contributed by atoms with Gasteiger partial charge in [0.1, 0.15) is 5.75 Å². The lowest BCUT2D eigenvalue weighted by Gasteiger charge is -2.19. The predicted octanol–water partition coefficient (Wildman–Crippen LogP) is 4.25. The summed E-state index contributed by atoms with van der Waals surface area (Å²) in [5, 5.41) is 15.1. The third-order valence-corrected chi connectivity index (χ3v) is 5.35. The molecule has 33 heavy (non-hydrogen) atoms. The Kier molecular flexibility index (Phi) is 7.04.